The molecule has 1 N–H and O–H groups in total. The minimum absolute atomic E-state index is 0.00609. The van der Waals surface area contributed by atoms with Gasteiger partial charge in [-0.2, -0.15) is 4.37 Å². The zero-order valence-electron chi connectivity index (χ0n) is 8.91. The quantitative estimate of drug-likeness (QED) is 0.792. The highest BCUT2D eigenvalue weighted by molar-refractivity contribution is 7.09. The first-order valence-electron chi connectivity index (χ1n) is 4.97. The number of aromatic nitrogens is 2. The summed E-state index contributed by atoms with van der Waals surface area (Å²) in [7, 11) is 0. The van der Waals surface area contributed by atoms with Gasteiger partial charge in [0.05, 0.1) is 0 Å². The number of anilines is 1. The van der Waals surface area contributed by atoms with Gasteiger partial charge in [0.1, 0.15) is 6.10 Å². The Morgan fingerprint density at radius 1 is 1.50 bits per heavy atom. The standard InChI is InChI=1S/C9H17N3OS/c1-4-6-10-9-11-8(12-14-9)7(3)13-5-2/h7H,4-6H2,1-3H3,(H,10,11,12). The third-order valence-corrected chi connectivity index (χ3v) is 2.44. The van der Waals surface area contributed by atoms with E-state index >= 15 is 0 Å². The van der Waals surface area contributed by atoms with E-state index in [-0.39, 0.29) is 6.10 Å². The van der Waals surface area contributed by atoms with Crippen LogP contribution in [0.3, 0.4) is 0 Å². The average molecular weight is 215 g/mol. The molecule has 0 spiro atoms. The Balaban J connectivity index is 2.49. The topological polar surface area (TPSA) is 47.0 Å². The molecule has 14 heavy (non-hydrogen) atoms. The molecule has 0 radical (unpaired) electrons. The van der Waals surface area contributed by atoms with Gasteiger partial charge in [-0.1, -0.05) is 6.92 Å². The lowest BCUT2D eigenvalue weighted by Crippen LogP contribution is -2.03. The number of ether oxygens (including phenoxy) is 1. The van der Waals surface area contributed by atoms with E-state index in [2.05, 4.69) is 21.6 Å². The summed E-state index contributed by atoms with van der Waals surface area (Å²) < 4.78 is 9.63. The molecular formula is C9H17N3OS. The predicted molar refractivity (Wildman–Crippen MR) is 58.7 cm³/mol. The summed E-state index contributed by atoms with van der Waals surface area (Å²) in [5.41, 5.74) is 0. The van der Waals surface area contributed by atoms with E-state index in [4.69, 9.17) is 4.74 Å². The van der Waals surface area contributed by atoms with Crippen molar-refractivity contribution in [2.45, 2.75) is 33.3 Å². The maximum atomic E-state index is 5.40. The Morgan fingerprint density at radius 2 is 2.29 bits per heavy atom. The molecule has 1 aromatic heterocycles. The number of hydrogen-bond donors (Lipinski definition) is 1. The van der Waals surface area contributed by atoms with Crippen LogP contribution in [0, 0.1) is 0 Å². The molecular weight excluding hydrogens is 198 g/mol. The summed E-state index contributed by atoms with van der Waals surface area (Å²) in [6.45, 7) is 7.70. The van der Waals surface area contributed by atoms with Gasteiger partial charge in [0.15, 0.2) is 5.82 Å². The van der Waals surface area contributed by atoms with E-state index in [9.17, 15) is 0 Å². The third kappa shape index (κ3) is 3.23. The Bertz CT molecular complexity index is 264. The zero-order chi connectivity index (χ0) is 10.4. The van der Waals surface area contributed by atoms with Crippen LogP contribution < -0.4 is 5.32 Å². The predicted octanol–water partition coefficient (Wildman–Crippen LogP) is 2.46. The number of nitrogens with zero attached hydrogens (tertiary/aromatic N) is 2. The van der Waals surface area contributed by atoms with Crippen LogP contribution in [0.2, 0.25) is 0 Å². The first kappa shape index (κ1) is 11.4. The van der Waals surface area contributed by atoms with E-state index in [1.54, 1.807) is 0 Å². The molecule has 0 aromatic carbocycles. The molecule has 1 heterocycles. The van der Waals surface area contributed by atoms with Gasteiger partial charge in [0, 0.05) is 24.7 Å². The van der Waals surface area contributed by atoms with E-state index in [0.717, 1.165) is 23.9 Å². The lowest BCUT2D eigenvalue weighted by atomic mass is 10.4. The highest BCUT2D eigenvalue weighted by Gasteiger charge is 2.11. The van der Waals surface area contributed by atoms with E-state index in [1.807, 2.05) is 13.8 Å². The van der Waals surface area contributed by atoms with Crippen LogP contribution in [0.15, 0.2) is 0 Å². The summed E-state index contributed by atoms with van der Waals surface area (Å²) in [5, 5.41) is 4.08. The lowest BCUT2D eigenvalue weighted by Gasteiger charge is -2.05. The molecule has 1 aromatic rings. The molecule has 4 nitrogen and oxygen atoms in total. The Kier molecular flexibility index (Phi) is 4.82. The second kappa shape index (κ2) is 5.93. The molecule has 0 aliphatic rings. The van der Waals surface area contributed by atoms with Gasteiger partial charge in [-0.25, -0.2) is 4.98 Å². The van der Waals surface area contributed by atoms with Crippen LogP contribution in [0.25, 0.3) is 0 Å². The van der Waals surface area contributed by atoms with Gasteiger partial charge >= 0.3 is 0 Å². The Morgan fingerprint density at radius 3 is 2.93 bits per heavy atom. The van der Waals surface area contributed by atoms with Gasteiger partial charge in [-0.05, 0) is 20.3 Å². The maximum absolute atomic E-state index is 5.40. The molecule has 0 amide bonds. The molecule has 1 rings (SSSR count). The van der Waals surface area contributed by atoms with Crippen molar-refractivity contribution in [2.75, 3.05) is 18.5 Å². The minimum atomic E-state index is -0.00609. The van der Waals surface area contributed by atoms with Crippen LogP contribution in [-0.2, 0) is 4.74 Å². The summed E-state index contributed by atoms with van der Waals surface area (Å²) in [6.07, 6.45) is 1.09. The molecule has 0 aliphatic heterocycles. The van der Waals surface area contributed by atoms with Gasteiger partial charge < -0.3 is 10.1 Å². The Labute approximate surface area is 88.9 Å². The molecule has 80 valence electrons. The maximum Gasteiger partial charge on any atom is 0.202 e. The summed E-state index contributed by atoms with van der Waals surface area (Å²) in [5.74, 6) is 0.774. The van der Waals surface area contributed by atoms with Crippen molar-refractivity contribution in [1.29, 1.82) is 0 Å². The van der Waals surface area contributed by atoms with E-state index in [0.29, 0.717) is 6.61 Å². The second-order valence-corrected chi connectivity index (χ2v) is 3.73. The average Bonchev–Trinajstić information content (AvgIpc) is 2.63. The summed E-state index contributed by atoms with van der Waals surface area (Å²) >= 11 is 1.39. The second-order valence-electron chi connectivity index (χ2n) is 2.98. The van der Waals surface area contributed by atoms with Crippen LogP contribution in [0.5, 0.6) is 0 Å². The SMILES string of the molecule is CCCNc1nc(C(C)OCC)ns1. The monoisotopic (exact) mass is 215 g/mol. The van der Waals surface area contributed by atoms with Crippen molar-refractivity contribution in [3.8, 4) is 0 Å². The molecule has 1 unspecified atom stereocenters. The fraction of sp³-hybridized carbons (Fsp3) is 0.778. The molecule has 0 saturated carbocycles. The van der Waals surface area contributed by atoms with Crippen LogP contribution >= 0.6 is 11.5 Å². The van der Waals surface area contributed by atoms with Gasteiger partial charge in [-0.15, -0.1) is 0 Å². The lowest BCUT2D eigenvalue weighted by molar-refractivity contribution is 0.0710. The van der Waals surface area contributed by atoms with E-state index < -0.39 is 0 Å². The normalized spacial score (nSPS) is 12.8. The number of hydrogen-bond acceptors (Lipinski definition) is 5. The van der Waals surface area contributed by atoms with Gasteiger partial charge in [-0.3, -0.25) is 0 Å². The fourth-order valence-corrected chi connectivity index (χ4v) is 1.70. The zero-order valence-corrected chi connectivity index (χ0v) is 9.73. The highest BCUT2D eigenvalue weighted by atomic mass is 32.1. The third-order valence-electron chi connectivity index (χ3n) is 1.75. The van der Waals surface area contributed by atoms with Crippen LogP contribution in [0.4, 0.5) is 5.13 Å². The first-order valence-corrected chi connectivity index (χ1v) is 5.74. The largest absolute Gasteiger partial charge is 0.371 e. The van der Waals surface area contributed by atoms with Crippen molar-refractivity contribution in [1.82, 2.24) is 9.36 Å². The smallest absolute Gasteiger partial charge is 0.202 e. The van der Waals surface area contributed by atoms with Gasteiger partial charge in [0.25, 0.3) is 0 Å². The summed E-state index contributed by atoms with van der Waals surface area (Å²) in [4.78, 5) is 4.34. The molecule has 5 heteroatoms. The number of nitrogens with one attached hydrogen (secondary N) is 1. The van der Waals surface area contributed by atoms with Crippen molar-refractivity contribution < 1.29 is 4.74 Å². The fourth-order valence-electron chi connectivity index (χ4n) is 1.03. The molecule has 0 saturated heterocycles. The number of rotatable bonds is 6. The van der Waals surface area contributed by atoms with Crippen LogP contribution in [0.1, 0.15) is 39.1 Å². The minimum Gasteiger partial charge on any atom is -0.371 e. The molecule has 0 fully saturated rings. The summed E-state index contributed by atoms with van der Waals surface area (Å²) in [6, 6.07) is 0. The Hall–Kier alpha value is -0.680. The van der Waals surface area contributed by atoms with Crippen molar-refractivity contribution >= 4 is 16.7 Å². The molecule has 1 atom stereocenters. The van der Waals surface area contributed by atoms with Crippen molar-refractivity contribution in [3.05, 3.63) is 5.82 Å². The van der Waals surface area contributed by atoms with Crippen LogP contribution in [-0.4, -0.2) is 22.5 Å². The van der Waals surface area contributed by atoms with E-state index in [1.165, 1.54) is 11.5 Å². The molecule has 0 aliphatic carbocycles. The first-order chi connectivity index (χ1) is 6.77. The van der Waals surface area contributed by atoms with Gasteiger partial charge in [0.2, 0.25) is 5.13 Å². The van der Waals surface area contributed by atoms with Crippen molar-refractivity contribution in [2.24, 2.45) is 0 Å². The highest BCUT2D eigenvalue weighted by Crippen LogP contribution is 2.18. The van der Waals surface area contributed by atoms with Crippen molar-refractivity contribution in [3.63, 3.8) is 0 Å². The molecule has 0 bridgehead atoms.